The second-order valence-electron chi connectivity index (χ2n) is 4.88. The third-order valence-electron chi connectivity index (χ3n) is 3.03. The lowest BCUT2D eigenvalue weighted by Crippen LogP contribution is -2.30. The van der Waals surface area contributed by atoms with Crippen molar-refractivity contribution in [2.45, 2.75) is 13.0 Å². The molecule has 0 aliphatic carbocycles. The molecule has 0 fully saturated rings. The summed E-state index contributed by atoms with van der Waals surface area (Å²) in [5, 5.41) is 11.9. The van der Waals surface area contributed by atoms with E-state index in [4.69, 9.17) is 33.2 Å². The van der Waals surface area contributed by atoms with E-state index in [1.165, 1.54) is 25.1 Å². The molecule has 1 atom stereocenters. The SMILES string of the molecule is C[C@@H](OC(=O)c1cc(Cl)cc(Cl)c1)C(=O)Nc1ccc(C#N)cc1. The largest absolute Gasteiger partial charge is 0.449 e. The Morgan fingerprint density at radius 3 is 2.25 bits per heavy atom. The molecule has 0 saturated heterocycles. The number of ether oxygens (including phenoxy) is 1. The third kappa shape index (κ3) is 4.72. The molecule has 1 N–H and O–H groups in total. The molecule has 0 aromatic heterocycles. The summed E-state index contributed by atoms with van der Waals surface area (Å²) in [5.41, 5.74) is 1.13. The molecule has 0 bridgehead atoms. The maximum atomic E-state index is 12.1. The minimum absolute atomic E-state index is 0.158. The highest BCUT2D eigenvalue weighted by Gasteiger charge is 2.19. The zero-order valence-corrected chi connectivity index (χ0v) is 14.1. The highest BCUT2D eigenvalue weighted by atomic mass is 35.5. The van der Waals surface area contributed by atoms with Crippen LogP contribution in [0.5, 0.6) is 0 Å². The lowest BCUT2D eigenvalue weighted by atomic mass is 10.2. The number of nitrogens with zero attached hydrogens (tertiary/aromatic N) is 1. The monoisotopic (exact) mass is 362 g/mol. The van der Waals surface area contributed by atoms with Crippen LogP contribution in [-0.2, 0) is 9.53 Å². The molecule has 2 aromatic rings. The van der Waals surface area contributed by atoms with E-state index in [0.717, 1.165) is 0 Å². The smallest absolute Gasteiger partial charge is 0.339 e. The fourth-order valence-corrected chi connectivity index (χ4v) is 2.35. The zero-order chi connectivity index (χ0) is 17.7. The van der Waals surface area contributed by atoms with Crippen molar-refractivity contribution in [3.8, 4) is 6.07 Å². The van der Waals surface area contributed by atoms with Gasteiger partial charge >= 0.3 is 5.97 Å². The fourth-order valence-electron chi connectivity index (χ4n) is 1.83. The number of carbonyl (C=O) groups is 2. The van der Waals surface area contributed by atoms with Crippen molar-refractivity contribution in [1.82, 2.24) is 0 Å². The Hall–Kier alpha value is -2.55. The Balaban J connectivity index is 2.00. The topological polar surface area (TPSA) is 79.2 Å². The molecule has 0 aliphatic heterocycles. The van der Waals surface area contributed by atoms with Gasteiger partial charge in [0.1, 0.15) is 0 Å². The highest BCUT2D eigenvalue weighted by molar-refractivity contribution is 6.35. The number of rotatable bonds is 4. The average Bonchev–Trinajstić information content (AvgIpc) is 2.54. The molecule has 0 unspecified atom stereocenters. The first kappa shape index (κ1) is 17.8. The molecule has 0 radical (unpaired) electrons. The van der Waals surface area contributed by atoms with Crippen molar-refractivity contribution < 1.29 is 14.3 Å². The molecule has 24 heavy (non-hydrogen) atoms. The van der Waals surface area contributed by atoms with Gasteiger partial charge in [-0.1, -0.05) is 23.2 Å². The third-order valence-corrected chi connectivity index (χ3v) is 3.47. The summed E-state index contributed by atoms with van der Waals surface area (Å²) in [6.07, 6.45) is -1.02. The second-order valence-corrected chi connectivity index (χ2v) is 5.76. The van der Waals surface area contributed by atoms with Gasteiger partial charge in [-0.2, -0.15) is 5.26 Å². The van der Waals surface area contributed by atoms with Crippen molar-refractivity contribution in [2.75, 3.05) is 5.32 Å². The van der Waals surface area contributed by atoms with E-state index < -0.39 is 18.0 Å². The van der Waals surface area contributed by atoms with E-state index in [1.54, 1.807) is 24.3 Å². The highest BCUT2D eigenvalue weighted by Crippen LogP contribution is 2.20. The molecule has 0 heterocycles. The number of hydrogen-bond acceptors (Lipinski definition) is 4. The first-order valence-corrected chi connectivity index (χ1v) is 7.63. The van der Waals surface area contributed by atoms with Crippen molar-refractivity contribution in [1.29, 1.82) is 5.26 Å². The summed E-state index contributed by atoms with van der Waals surface area (Å²) in [4.78, 5) is 24.1. The molecule has 0 spiro atoms. The first-order chi connectivity index (χ1) is 11.4. The van der Waals surface area contributed by atoms with Gasteiger partial charge in [-0.15, -0.1) is 0 Å². The number of nitrogens with one attached hydrogen (secondary N) is 1. The van der Waals surface area contributed by atoms with Gasteiger partial charge in [0, 0.05) is 15.7 Å². The number of hydrogen-bond donors (Lipinski definition) is 1. The molecule has 122 valence electrons. The Morgan fingerprint density at radius 1 is 1.12 bits per heavy atom. The average molecular weight is 363 g/mol. The van der Waals surface area contributed by atoms with E-state index in [9.17, 15) is 9.59 Å². The van der Waals surface area contributed by atoms with Crippen LogP contribution in [0.3, 0.4) is 0 Å². The van der Waals surface area contributed by atoms with Crippen LogP contribution < -0.4 is 5.32 Å². The van der Waals surface area contributed by atoms with Crippen molar-refractivity contribution in [3.63, 3.8) is 0 Å². The Labute approximate surface area is 148 Å². The molecular weight excluding hydrogens is 351 g/mol. The molecule has 0 saturated carbocycles. The van der Waals surface area contributed by atoms with Gasteiger partial charge in [0.25, 0.3) is 5.91 Å². The summed E-state index contributed by atoms with van der Waals surface area (Å²) in [7, 11) is 0. The minimum Gasteiger partial charge on any atom is -0.449 e. The maximum Gasteiger partial charge on any atom is 0.339 e. The molecule has 7 heteroatoms. The van der Waals surface area contributed by atoms with Crippen molar-refractivity contribution in [3.05, 3.63) is 63.6 Å². The maximum absolute atomic E-state index is 12.1. The van der Waals surface area contributed by atoms with Gasteiger partial charge in [0.15, 0.2) is 6.10 Å². The van der Waals surface area contributed by atoms with Gasteiger partial charge in [-0.25, -0.2) is 4.79 Å². The Morgan fingerprint density at radius 2 is 1.71 bits per heavy atom. The van der Waals surface area contributed by atoms with Crippen LogP contribution in [0.4, 0.5) is 5.69 Å². The van der Waals surface area contributed by atoms with Crippen LogP contribution in [0.1, 0.15) is 22.8 Å². The van der Waals surface area contributed by atoms with Crippen LogP contribution in [0.15, 0.2) is 42.5 Å². The molecule has 1 amide bonds. The summed E-state index contributed by atoms with van der Waals surface area (Å²) < 4.78 is 5.10. The predicted molar refractivity (Wildman–Crippen MR) is 91.1 cm³/mol. The quantitative estimate of drug-likeness (QED) is 0.832. The van der Waals surface area contributed by atoms with Crippen molar-refractivity contribution in [2.24, 2.45) is 0 Å². The van der Waals surface area contributed by atoms with Crippen molar-refractivity contribution >= 4 is 40.8 Å². The number of amides is 1. The first-order valence-electron chi connectivity index (χ1n) is 6.87. The Bertz CT molecular complexity index is 793. The number of halogens is 2. The van der Waals surface area contributed by atoms with E-state index in [-0.39, 0.29) is 5.56 Å². The predicted octanol–water partition coefficient (Wildman–Crippen LogP) is 4.05. The minimum atomic E-state index is -1.02. The molecule has 0 aliphatic rings. The number of carbonyl (C=O) groups excluding carboxylic acids is 2. The van der Waals surface area contributed by atoms with Gasteiger partial charge in [0.2, 0.25) is 0 Å². The molecule has 2 aromatic carbocycles. The molecular formula is C17H12Cl2N2O3. The summed E-state index contributed by atoms with van der Waals surface area (Å²) >= 11 is 11.7. The zero-order valence-electron chi connectivity index (χ0n) is 12.5. The van der Waals surface area contributed by atoms with Gasteiger partial charge in [-0.05, 0) is 49.4 Å². The van der Waals surface area contributed by atoms with Gasteiger partial charge < -0.3 is 10.1 Å². The Kier molecular flexibility index (Phi) is 5.80. The number of nitriles is 1. The van der Waals surface area contributed by atoms with Crippen LogP contribution in [-0.4, -0.2) is 18.0 Å². The van der Waals surface area contributed by atoms with E-state index in [0.29, 0.717) is 21.3 Å². The van der Waals surface area contributed by atoms with E-state index in [2.05, 4.69) is 5.32 Å². The number of esters is 1. The molecule has 5 nitrogen and oxygen atoms in total. The lowest BCUT2D eigenvalue weighted by Gasteiger charge is -2.14. The van der Waals surface area contributed by atoms with E-state index in [1.807, 2.05) is 6.07 Å². The number of anilines is 1. The number of benzene rings is 2. The molecule has 2 rings (SSSR count). The normalized spacial score (nSPS) is 11.2. The lowest BCUT2D eigenvalue weighted by molar-refractivity contribution is -0.123. The van der Waals surface area contributed by atoms with E-state index >= 15 is 0 Å². The van der Waals surface area contributed by atoms with Crippen LogP contribution in [0, 0.1) is 11.3 Å². The van der Waals surface area contributed by atoms with Crippen LogP contribution >= 0.6 is 23.2 Å². The summed E-state index contributed by atoms with van der Waals surface area (Å²) in [5.74, 6) is -1.21. The second kappa shape index (κ2) is 7.82. The van der Waals surface area contributed by atoms with Gasteiger partial charge in [0.05, 0.1) is 17.2 Å². The standard InChI is InChI=1S/C17H12Cl2N2O3/c1-10(16(22)21-15-4-2-11(9-20)3-5-15)24-17(23)12-6-13(18)8-14(19)7-12/h2-8,10H,1H3,(H,21,22)/t10-/m1/s1. The van der Waals surface area contributed by atoms with Gasteiger partial charge in [-0.3, -0.25) is 4.79 Å². The summed E-state index contributed by atoms with van der Waals surface area (Å²) in [6.45, 7) is 1.45. The fraction of sp³-hybridized carbons (Fsp3) is 0.118. The van der Waals surface area contributed by atoms with Crippen LogP contribution in [0.2, 0.25) is 10.0 Å². The van der Waals surface area contributed by atoms with Crippen LogP contribution in [0.25, 0.3) is 0 Å². The summed E-state index contributed by atoms with van der Waals surface area (Å²) in [6, 6.07) is 12.6.